The maximum atomic E-state index is 4.11. The third-order valence-electron chi connectivity index (χ3n) is 0.911. The van der Waals surface area contributed by atoms with Gasteiger partial charge < -0.3 is 7.43 Å². The fraction of sp³-hybridized carbons (Fsp3) is 0. The van der Waals surface area contributed by atoms with E-state index in [0.717, 1.165) is 10.5 Å². The van der Waals surface area contributed by atoms with E-state index in [4.69, 9.17) is 0 Å². The Labute approximate surface area is 80.3 Å². The fourth-order valence-electron chi connectivity index (χ4n) is 0.556. The van der Waals surface area contributed by atoms with Crippen LogP contribution in [0, 0.1) is 14.4 Å². The van der Waals surface area contributed by atoms with Crippen molar-refractivity contribution in [3.05, 3.63) is 44.2 Å². The summed E-state index contributed by atoms with van der Waals surface area (Å²) in [5.74, 6) is 0. The second-order valence-corrected chi connectivity index (χ2v) is 2.19. The first-order chi connectivity index (χ1) is 3.79. The summed E-state index contributed by atoms with van der Waals surface area (Å²) in [6.07, 6.45) is 0. The Morgan fingerprint density at radius 2 is 1.90 bits per heavy atom. The second-order valence-electron chi connectivity index (χ2n) is 1.67. The molecule has 2 heteroatoms. The molecule has 1 aromatic carbocycles. The van der Waals surface area contributed by atoms with Crippen molar-refractivity contribution >= 4 is 12.6 Å². The summed E-state index contributed by atoms with van der Waals surface area (Å²) in [4.78, 5) is 0.970. The molecule has 0 heterocycles. The smallest absolute Gasteiger partial charge is 0.358 e. The first-order valence-corrected chi connectivity index (χ1v) is 2.85. The summed E-state index contributed by atoms with van der Waals surface area (Å²) >= 11 is 4.11. The van der Waals surface area contributed by atoms with E-state index in [1.807, 2.05) is 24.3 Å². The summed E-state index contributed by atoms with van der Waals surface area (Å²) in [6.45, 7) is 3.73. The zero-order valence-electron chi connectivity index (χ0n) is 5.91. The molecular formula is C8H10SV. The van der Waals surface area contributed by atoms with Gasteiger partial charge in [-0.15, -0.1) is 6.07 Å². The SMILES string of the molecule is [CH2-]c1cccc(S)c1.[CH3-].[V+2]. The van der Waals surface area contributed by atoms with Crippen LogP contribution in [0.2, 0.25) is 0 Å². The van der Waals surface area contributed by atoms with Crippen molar-refractivity contribution in [2.24, 2.45) is 0 Å². The molecule has 1 radical (unpaired) electrons. The minimum Gasteiger partial charge on any atom is -0.358 e. The molecule has 0 aromatic heterocycles. The molecular weight excluding hydrogens is 179 g/mol. The van der Waals surface area contributed by atoms with Gasteiger partial charge in [0.05, 0.1) is 0 Å². The fourth-order valence-corrected chi connectivity index (χ4v) is 0.808. The van der Waals surface area contributed by atoms with Gasteiger partial charge >= 0.3 is 18.6 Å². The number of hydrogen-bond acceptors (Lipinski definition) is 1. The minimum atomic E-state index is 0. The Hall–Kier alpha value is 0.0244. The van der Waals surface area contributed by atoms with Crippen LogP contribution in [-0.2, 0) is 18.6 Å². The molecule has 0 nitrogen and oxygen atoms in total. The Bertz CT molecular complexity index is 169. The van der Waals surface area contributed by atoms with Gasteiger partial charge in [-0.25, -0.2) is 0 Å². The summed E-state index contributed by atoms with van der Waals surface area (Å²) in [5, 5.41) is 0. The maximum absolute atomic E-state index is 4.11. The Balaban J connectivity index is 0. The van der Waals surface area contributed by atoms with Crippen molar-refractivity contribution < 1.29 is 18.6 Å². The first kappa shape index (κ1) is 12.7. The molecule has 1 rings (SSSR count). The molecule has 0 aliphatic heterocycles. The standard InChI is InChI=1S/C7H7S.CH3.V/c1-6-3-2-4-7(8)5-6;;/h2-5,8H,1H2;1H3;/q2*-1;+2. The Morgan fingerprint density at radius 3 is 2.20 bits per heavy atom. The first-order valence-electron chi connectivity index (χ1n) is 2.40. The van der Waals surface area contributed by atoms with E-state index in [0.29, 0.717) is 0 Å². The van der Waals surface area contributed by atoms with Crippen molar-refractivity contribution in [3.63, 3.8) is 0 Å². The normalized spacial score (nSPS) is 7.30. The van der Waals surface area contributed by atoms with Crippen molar-refractivity contribution in [3.8, 4) is 0 Å². The van der Waals surface area contributed by atoms with E-state index >= 15 is 0 Å². The van der Waals surface area contributed by atoms with Crippen LogP contribution in [0.4, 0.5) is 0 Å². The quantitative estimate of drug-likeness (QED) is 0.470. The average Bonchev–Trinajstić information content (AvgIpc) is 1.64. The molecule has 0 aliphatic carbocycles. The van der Waals surface area contributed by atoms with E-state index in [1.54, 1.807) is 0 Å². The molecule has 0 fully saturated rings. The van der Waals surface area contributed by atoms with E-state index in [1.165, 1.54) is 0 Å². The minimum absolute atomic E-state index is 0. The van der Waals surface area contributed by atoms with Crippen molar-refractivity contribution in [1.29, 1.82) is 0 Å². The van der Waals surface area contributed by atoms with Crippen LogP contribution < -0.4 is 0 Å². The predicted molar refractivity (Wildman–Crippen MR) is 44.6 cm³/mol. The van der Waals surface area contributed by atoms with Gasteiger partial charge in [0.2, 0.25) is 0 Å². The van der Waals surface area contributed by atoms with Crippen LogP contribution in [0.15, 0.2) is 29.2 Å². The van der Waals surface area contributed by atoms with E-state index in [2.05, 4.69) is 19.6 Å². The molecule has 1 aromatic rings. The second kappa shape index (κ2) is 5.78. The largest absolute Gasteiger partial charge is 2.00 e. The number of rotatable bonds is 0. The summed E-state index contributed by atoms with van der Waals surface area (Å²) in [6, 6.07) is 7.73. The van der Waals surface area contributed by atoms with Crippen molar-refractivity contribution in [2.45, 2.75) is 4.90 Å². The van der Waals surface area contributed by atoms with E-state index in [9.17, 15) is 0 Å². The summed E-state index contributed by atoms with van der Waals surface area (Å²) in [5.41, 5.74) is 1.01. The molecule has 0 unspecified atom stereocenters. The third-order valence-corrected chi connectivity index (χ3v) is 1.19. The van der Waals surface area contributed by atoms with Crippen molar-refractivity contribution in [1.82, 2.24) is 0 Å². The van der Waals surface area contributed by atoms with Crippen LogP contribution >= 0.6 is 12.6 Å². The number of thiol groups is 1. The van der Waals surface area contributed by atoms with Gasteiger partial charge in [0.1, 0.15) is 0 Å². The summed E-state index contributed by atoms with van der Waals surface area (Å²) < 4.78 is 0. The van der Waals surface area contributed by atoms with Crippen LogP contribution in [0.1, 0.15) is 5.56 Å². The van der Waals surface area contributed by atoms with E-state index < -0.39 is 0 Å². The maximum Gasteiger partial charge on any atom is 2.00 e. The molecule has 0 saturated heterocycles. The third kappa shape index (κ3) is 3.94. The molecule has 53 valence electrons. The van der Waals surface area contributed by atoms with Crippen LogP contribution in [0.25, 0.3) is 0 Å². The number of hydrogen-bond donors (Lipinski definition) is 1. The van der Waals surface area contributed by atoms with Crippen molar-refractivity contribution in [2.75, 3.05) is 0 Å². The number of benzene rings is 1. The van der Waals surface area contributed by atoms with E-state index in [-0.39, 0.29) is 26.0 Å². The zero-order valence-corrected chi connectivity index (χ0v) is 8.20. The molecule has 0 saturated carbocycles. The molecule has 0 amide bonds. The van der Waals surface area contributed by atoms with Gasteiger partial charge in [0.15, 0.2) is 0 Å². The molecule has 0 bridgehead atoms. The van der Waals surface area contributed by atoms with Gasteiger partial charge in [-0.1, -0.05) is 11.0 Å². The van der Waals surface area contributed by atoms with Crippen LogP contribution in [0.3, 0.4) is 0 Å². The molecule has 0 N–H and O–H groups in total. The zero-order chi connectivity index (χ0) is 5.98. The summed E-state index contributed by atoms with van der Waals surface area (Å²) in [7, 11) is 0. The van der Waals surface area contributed by atoms with Gasteiger partial charge in [0.25, 0.3) is 0 Å². The Kier molecular flexibility index (Phi) is 7.33. The topological polar surface area (TPSA) is 0 Å². The predicted octanol–water partition coefficient (Wildman–Crippen LogP) is 2.61. The van der Waals surface area contributed by atoms with Gasteiger partial charge in [0, 0.05) is 0 Å². The molecule has 0 spiro atoms. The van der Waals surface area contributed by atoms with Crippen LogP contribution in [-0.4, -0.2) is 0 Å². The van der Waals surface area contributed by atoms with Gasteiger partial charge in [-0.2, -0.15) is 37.2 Å². The van der Waals surface area contributed by atoms with Crippen LogP contribution in [0.5, 0.6) is 0 Å². The van der Waals surface area contributed by atoms with Gasteiger partial charge in [-0.3, -0.25) is 0 Å². The van der Waals surface area contributed by atoms with Gasteiger partial charge in [-0.05, 0) is 0 Å². The molecule has 10 heavy (non-hydrogen) atoms. The monoisotopic (exact) mass is 189 g/mol. The average molecular weight is 189 g/mol. The molecule has 0 aliphatic rings. The Morgan fingerprint density at radius 1 is 1.30 bits per heavy atom. The molecule has 0 atom stereocenters.